The van der Waals surface area contributed by atoms with Crippen LogP contribution >= 0.6 is 0 Å². The lowest BCUT2D eigenvalue weighted by Crippen LogP contribution is -2.57. The number of hydrogen-bond acceptors (Lipinski definition) is 4. The average Bonchev–Trinajstić information content (AvgIpc) is 2.67. The van der Waals surface area contributed by atoms with E-state index in [1.54, 1.807) is 37.2 Å². The van der Waals surface area contributed by atoms with Gasteiger partial charge in [0, 0.05) is 32.9 Å². The molecule has 6 heteroatoms. The molecular formula is C20H24N4O2. The van der Waals surface area contributed by atoms with Gasteiger partial charge in [0.25, 0.3) is 5.91 Å². The molecule has 2 aromatic rings. The van der Waals surface area contributed by atoms with Crippen molar-refractivity contribution in [3.05, 3.63) is 59.3 Å². The molecule has 3 rings (SSSR count). The van der Waals surface area contributed by atoms with Gasteiger partial charge >= 0.3 is 0 Å². The number of nitrogens with one attached hydrogen (secondary N) is 1. The Labute approximate surface area is 153 Å². The molecule has 1 fully saturated rings. The number of aromatic nitrogens is 1. The highest BCUT2D eigenvalue weighted by atomic mass is 16.2. The Hall–Kier alpha value is -2.89. The van der Waals surface area contributed by atoms with Crippen LogP contribution in [-0.2, 0) is 11.3 Å². The summed E-state index contributed by atoms with van der Waals surface area (Å²) in [4.78, 5) is 33.3. The van der Waals surface area contributed by atoms with Gasteiger partial charge in [0.1, 0.15) is 11.9 Å². The smallest absolute Gasteiger partial charge is 0.258 e. The number of hydrogen-bond donors (Lipinski definition) is 1. The number of piperazine rings is 1. The van der Waals surface area contributed by atoms with E-state index in [-0.39, 0.29) is 11.8 Å². The highest BCUT2D eigenvalue weighted by molar-refractivity contribution is 6.01. The molecule has 1 aliphatic rings. The van der Waals surface area contributed by atoms with E-state index in [4.69, 9.17) is 0 Å². The number of nitrogens with zero attached hydrogens (tertiary/aromatic N) is 3. The molecule has 0 spiro atoms. The number of carbonyl (C=O) groups excluding carboxylic acids is 2. The van der Waals surface area contributed by atoms with Crippen LogP contribution in [0.4, 0.5) is 5.82 Å². The number of anilines is 1. The van der Waals surface area contributed by atoms with Gasteiger partial charge < -0.3 is 15.1 Å². The molecule has 1 N–H and O–H groups in total. The molecule has 0 saturated carbocycles. The first kappa shape index (κ1) is 17.9. The summed E-state index contributed by atoms with van der Waals surface area (Å²) >= 11 is 0. The van der Waals surface area contributed by atoms with Crippen molar-refractivity contribution >= 4 is 17.6 Å². The first-order valence-electron chi connectivity index (χ1n) is 8.79. The van der Waals surface area contributed by atoms with Crippen LogP contribution < -0.4 is 5.32 Å². The minimum absolute atomic E-state index is 0.0277. The van der Waals surface area contributed by atoms with Crippen molar-refractivity contribution in [1.82, 2.24) is 14.8 Å². The van der Waals surface area contributed by atoms with E-state index >= 15 is 0 Å². The van der Waals surface area contributed by atoms with Crippen molar-refractivity contribution in [3.63, 3.8) is 0 Å². The fourth-order valence-electron chi connectivity index (χ4n) is 3.21. The molecule has 1 aliphatic heterocycles. The van der Waals surface area contributed by atoms with E-state index < -0.39 is 6.04 Å². The topological polar surface area (TPSA) is 65.5 Å². The molecule has 1 aromatic heterocycles. The lowest BCUT2D eigenvalue weighted by atomic mass is 10.1. The van der Waals surface area contributed by atoms with Crippen LogP contribution in [0.1, 0.15) is 28.4 Å². The van der Waals surface area contributed by atoms with Crippen molar-refractivity contribution in [1.29, 1.82) is 0 Å². The van der Waals surface area contributed by atoms with Crippen molar-refractivity contribution in [3.8, 4) is 0 Å². The monoisotopic (exact) mass is 352 g/mol. The van der Waals surface area contributed by atoms with Crippen LogP contribution in [0, 0.1) is 6.92 Å². The Balaban J connectivity index is 1.73. The number of benzene rings is 1. The molecule has 2 heterocycles. The van der Waals surface area contributed by atoms with Gasteiger partial charge in [0.05, 0.1) is 5.56 Å². The van der Waals surface area contributed by atoms with Gasteiger partial charge in [-0.3, -0.25) is 9.59 Å². The summed E-state index contributed by atoms with van der Waals surface area (Å²) in [5, 5.41) is 2.93. The van der Waals surface area contributed by atoms with Crippen LogP contribution in [-0.4, -0.2) is 52.8 Å². The minimum Gasteiger partial charge on any atom is -0.372 e. The third-order valence-corrected chi connectivity index (χ3v) is 4.78. The quantitative estimate of drug-likeness (QED) is 0.917. The number of pyridine rings is 1. The van der Waals surface area contributed by atoms with Crippen molar-refractivity contribution in [2.24, 2.45) is 0 Å². The molecule has 26 heavy (non-hydrogen) atoms. The number of aryl methyl sites for hydroxylation is 1. The summed E-state index contributed by atoms with van der Waals surface area (Å²) in [6, 6.07) is 11.1. The van der Waals surface area contributed by atoms with Crippen LogP contribution in [0.3, 0.4) is 0 Å². The zero-order valence-electron chi connectivity index (χ0n) is 15.4. The maximum atomic E-state index is 12.9. The van der Waals surface area contributed by atoms with E-state index in [1.165, 1.54) is 5.56 Å². The summed E-state index contributed by atoms with van der Waals surface area (Å²) in [6.45, 7) is 5.43. The van der Waals surface area contributed by atoms with E-state index in [9.17, 15) is 9.59 Å². The van der Waals surface area contributed by atoms with E-state index in [0.29, 0.717) is 31.0 Å². The Morgan fingerprint density at radius 1 is 1.23 bits per heavy atom. The van der Waals surface area contributed by atoms with Gasteiger partial charge in [0.15, 0.2) is 0 Å². The number of amides is 2. The zero-order chi connectivity index (χ0) is 18.7. The van der Waals surface area contributed by atoms with Crippen LogP contribution in [0.5, 0.6) is 0 Å². The first-order chi connectivity index (χ1) is 12.5. The molecule has 0 radical (unpaired) electrons. The second kappa shape index (κ2) is 7.56. The predicted molar refractivity (Wildman–Crippen MR) is 101 cm³/mol. The third kappa shape index (κ3) is 3.54. The second-order valence-corrected chi connectivity index (χ2v) is 6.57. The van der Waals surface area contributed by atoms with Gasteiger partial charge in [0.2, 0.25) is 5.91 Å². The van der Waals surface area contributed by atoms with E-state index in [2.05, 4.69) is 10.3 Å². The number of rotatable bonds is 4. The Morgan fingerprint density at radius 3 is 2.65 bits per heavy atom. The lowest BCUT2D eigenvalue weighted by Gasteiger charge is -2.39. The maximum Gasteiger partial charge on any atom is 0.258 e. The molecule has 1 atom stereocenters. The van der Waals surface area contributed by atoms with E-state index in [1.807, 2.05) is 36.1 Å². The molecule has 136 valence electrons. The highest BCUT2D eigenvalue weighted by Gasteiger charge is 2.35. The van der Waals surface area contributed by atoms with Crippen LogP contribution in [0.15, 0.2) is 42.6 Å². The Morgan fingerprint density at radius 2 is 1.96 bits per heavy atom. The molecule has 1 aromatic carbocycles. The normalized spacial score (nSPS) is 17.3. The molecule has 1 saturated heterocycles. The van der Waals surface area contributed by atoms with Crippen molar-refractivity contribution in [2.45, 2.75) is 26.4 Å². The summed E-state index contributed by atoms with van der Waals surface area (Å²) in [5.74, 6) is 0.331. The lowest BCUT2D eigenvalue weighted by molar-refractivity contribution is -0.140. The fraction of sp³-hybridized carbons (Fsp3) is 0.350. The van der Waals surface area contributed by atoms with Gasteiger partial charge in [-0.25, -0.2) is 4.98 Å². The Bertz CT molecular complexity index is 804. The molecule has 0 aliphatic carbocycles. The van der Waals surface area contributed by atoms with Gasteiger partial charge in [-0.05, 0) is 31.5 Å². The average molecular weight is 352 g/mol. The molecule has 1 unspecified atom stereocenters. The largest absolute Gasteiger partial charge is 0.372 e. The van der Waals surface area contributed by atoms with Crippen molar-refractivity contribution in [2.75, 3.05) is 25.5 Å². The van der Waals surface area contributed by atoms with Gasteiger partial charge in [-0.2, -0.15) is 0 Å². The van der Waals surface area contributed by atoms with Crippen molar-refractivity contribution < 1.29 is 9.59 Å². The SMILES string of the molecule is CNc1ncccc1C(=O)N1CCN(Cc2ccc(C)cc2)C(=O)C1C. The fourth-order valence-corrected chi connectivity index (χ4v) is 3.21. The maximum absolute atomic E-state index is 12.9. The summed E-state index contributed by atoms with van der Waals surface area (Å²) < 4.78 is 0. The third-order valence-electron chi connectivity index (χ3n) is 4.78. The summed E-state index contributed by atoms with van der Waals surface area (Å²) in [7, 11) is 1.73. The van der Waals surface area contributed by atoms with Crippen LogP contribution in [0.25, 0.3) is 0 Å². The highest BCUT2D eigenvalue weighted by Crippen LogP contribution is 2.20. The summed E-state index contributed by atoms with van der Waals surface area (Å²) in [6.07, 6.45) is 1.64. The molecule has 2 amide bonds. The molecular weight excluding hydrogens is 328 g/mol. The van der Waals surface area contributed by atoms with E-state index in [0.717, 1.165) is 5.56 Å². The molecule has 0 bridgehead atoms. The minimum atomic E-state index is -0.494. The van der Waals surface area contributed by atoms with Crippen LogP contribution in [0.2, 0.25) is 0 Å². The van der Waals surface area contributed by atoms with Gasteiger partial charge in [-0.15, -0.1) is 0 Å². The standard InChI is InChI=1S/C20H24N4O2/c1-14-6-8-16(9-7-14)13-23-11-12-24(15(2)19(23)25)20(26)17-5-4-10-22-18(17)21-3/h4-10,15H,11-13H2,1-3H3,(H,21,22). The summed E-state index contributed by atoms with van der Waals surface area (Å²) in [5.41, 5.74) is 2.78. The predicted octanol–water partition coefficient (Wildman–Crippen LogP) is 2.30. The first-order valence-corrected chi connectivity index (χ1v) is 8.79. The number of carbonyl (C=O) groups is 2. The van der Waals surface area contributed by atoms with Gasteiger partial charge in [-0.1, -0.05) is 29.8 Å². The molecule has 6 nitrogen and oxygen atoms in total. The second-order valence-electron chi connectivity index (χ2n) is 6.57. The Kier molecular flexibility index (Phi) is 5.21. The zero-order valence-corrected chi connectivity index (χ0v) is 15.4.